The highest BCUT2D eigenvalue weighted by Crippen LogP contribution is 2.27. The molecule has 2 atom stereocenters. The van der Waals surface area contributed by atoms with Gasteiger partial charge in [-0.25, -0.2) is 8.78 Å². The topological polar surface area (TPSA) is 70.2 Å². The van der Waals surface area contributed by atoms with Gasteiger partial charge >= 0.3 is 0 Å². The van der Waals surface area contributed by atoms with Gasteiger partial charge in [0.05, 0.1) is 6.54 Å². The van der Waals surface area contributed by atoms with Crippen molar-refractivity contribution in [2.75, 3.05) is 19.6 Å². The van der Waals surface area contributed by atoms with Crippen LogP contribution in [0, 0.1) is 17.6 Å². The lowest BCUT2D eigenvalue weighted by molar-refractivity contribution is -0.127. The molecule has 3 N–H and O–H groups in total. The number of hydrogen-bond acceptors (Lipinski definition) is 3. The van der Waals surface area contributed by atoms with Crippen molar-refractivity contribution in [3.63, 3.8) is 0 Å². The summed E-state index contributed by atoms with van der Waals surface area (Å²) < 4.78 is 26.8. The Labute approximate surface area is 164 Å². The normalized spacial score (nSPS) is 23.2. The summed E-state index contributed by atoms with van der Waals surface area (Å²) in [4.78, 5) is 24.4. The Morgan fingerprint density at radius 3 is 2.57 bits per heavy atom. The lowest BCUT2D eigenvalue weighted by atomic mass is 9.86. The van der Waals surface area contributed by atoms with E-state index in [1.807, 2.05) is 0 Å². The summed E-state index contributed by atoms with van der Waals surface area (Å²) in [5, 5.41) is 8.85. The summed E-state index contributed by atoms with van der Waals surface area (Å²) >= 11 is 0. The van der Waals surface area contributed by atoms with Crippen molar-refractivity contribution < 1.29 is 18.4 Å². The maximum absolute atomic E-state index is 13.6. The first-order valence-corrected chi connectivity index (χ1v) is 10.2. The van der Waals surface area contributed by atoms with Crippen molar-refractivity contribution in [2.24, 2.45) is 5.92 Å². The zero-order valence-corrected chi connectivity index (χ0v) is 16.1. The summed E-state index contributed by atoms with van der Waals surface area (Å²) in [6.45, 7) is 1.23. The van der Waals surface area contributed by atoms with E-state index in [9.17, 15) is 18.4 Å². The number of amides is 2. The van der Waals surface area contributed by atoms with Gasteiger partial charge in [-0.05, 0) is 49.4 Å². The lowest BCUT2D eigenvalue weighted by Gasteiger charge is -2.33. The third-order valence-corrected chi connectivity index (χ3v) is 5.85. The zero-order valence-electron chi connectivity index (χ0n) is 16.1. The van der Waals surface area contributed by atoms with Crippen LogP contribution in [0.4, 0.5) is 8.78 Å². The molecule has 2 unspecified atom stereocenters. The van der Waals surface area contributed by atoms with Gasteiger partial charge in [-0.15, -0.1) is 0 Å². The standard InChI is InChI=1S/C21H29F2N3O2/c22-17-7-6-15(11-18(17)23)16-8-9-24-12-19(16)26-21(28)13-25-20(27)10-14-4-2-1-3-5-14/h6-7,11,14,16,19,24H,1-5,8-10,12-13H2,(H,25,27)(H,26,28). The average Bonchev–Trinajstić information content (AvgIpc) is 2.70. The number of nitrogens with one attached hydrogen (secondary N) is 3. The molecule has 1 aromatic carbocycles. The molecular formula is C21H29F2N3O2. The van der Waals surface area contributed by atoms with Crippen molar-refractivity contribution in [1.29, 1.82) is 0 Å². The van der Waals surface area contributed by atoms with Crippen LogP contribution in [0.1, 0.15) is 56.4 Å². The van der Waals surface area contributed by atoms with E-state index < -0.39 is 11.6 Å². The van der Waals surface area contributed by atoms with Crippen LogP contribution in [0.5, 0.6) is 0 Å². The van der Waals surface area contributed by atoms with Gasteiger partial charge < -0.3 is 16.0 Å². The highest BCUT2D eigenvalue weighted by molar-refractivity contribution is 5.85. The van der Waals surface area contributed by atoms with Gasteiger partial charge in [-0.2, -0.15) is 0 Å². The molecule has 1 saturated carbocycles. The SMILES string of the molecule is O=C(CC1CCCCC1)NCC(=O)NC1CNCCC1c1ccc(F)c(F)c1. The minimum Gasteiger partial charge on any atom is -0.350 e. The van der Waals surface area contributed by atoms with Gasteiger partial charge in [0.2, 0.25) is 11.8 Å². The van der Waals surface area contributed by atoms with Crippen molar-refractivity contribution in [2.45, 2.75) is 56.9 Å². The van der Waals surface area contributed by atoms with Crippen molar-refractivity contribution >= 4 is 11.8 Å². The van der Waals surface area contributed by atoms with Crippen LogP contribution >= 0.6 is 0 Å². The predicted octanol–water partition coefficient (Wildman–Crippen LogP) is 2.61. The maximum atomic E-state index is 13.6. The van der Waals surface area contributed by atoms with E-state index in [4.69, 9.17) is 0 Å². The summed E-state index contributed by atoms with van der Waals surface area (Å²) in [7, 11) is 0. The maximum Gasteiger partial charge on any atom is 0.239 e. The molecule has 0 radical (unpaired) electrons. The third kappa shape index (κ3) is 5.74. The smallest absolute Gasteiger partial charge is 0.239 e. The van der Waals surface area contributed by atoms with Crippen molar-refractivity contribution in [3.05, 3.63) is 35.4 Å². The van der Waals surface area contributed by atoms with Gasteiger partial charge in [0.25, 0.3) is 0 Å². The van der Waals surface area contributed by atoms with Gasteiger partial charge in [0, 0.05) is 24.9 Å². The van der Waals surface area contributed by atoms with Gasteiger partial charge in [-0.3, -0.25) is 9.59 Å². The fourth-order valence-electron chi connectivity index (χ4n) is 4.31. The highest BCUT2D eigenvalue weighted by Gasteiger charge is 2.28. The number of piperidine rings is 1. The molecule has 2 aliphatic rings. The van der Waals surface area contributed by atoms with E-state index in [0.717, 1.165) is 25.5 Å². The molecule has 3 rings (SSSR count). The average molecular weight is 393 g/mol. The first kappa shape index (κ1) is 20.7. The summed E-state index contributed by atoms with van der Waals surface area (Å²) in [6, 6.07) is 3.66. The molecule has 2 fully saturated rings. The van der Waals surface area contributed by atoms with Crippen molar-refractivity contribution in [1.82, 2.24) is 16.0 Å². The Balaban J connectivity index is 1.49. The quantitative estimate of drug-likeness (QED) is 0.696. The van der Waals surface area contributed by atoms with E-state index in [1.54, 1.807) is 6.07 Å². The molecular weight excluding hydrogens is 364 g/mol. The minimum absolute atomic E-state index is 0.0629. The van der Waals surface area contributed by atoms with E-state index in [2.05, 4.69) is 16.0 Å². The molecule has 28 heavy (non-hydrogen) atoms. The number of benzene rings is 1. The summed E-state index contributed by atoms with van der Waals surface area (Å²) in [6.07, 6.45) is 6.97. The largest absolute Gasteiger partial charge is 0.350 e. The van der Waals surface area contributed by atoms with Crippen LogP contribution in [-0.2, 0) is 9.59 Å². The molecule has 0 spiro atoms. The van der Waals surface area contributed by atoms with Crippen LogP contribution in [0.3, 0.4) is 0 Å². The number of rotatable bonds is 6. The van der Waals surface area contributed by atoms with E-state index in [-0.39, 0.29) is 30.3 Å². The summed E-state index contributed by atoms with van der Waals surface area (Å²) in [5.74, 6) is -1.77. The Bertz CT molecular complexity index is 692. The lowest BCUT2D eigenvalue weighted by Crippen LogP contribution is -2.52. The Morgan fingerprint density at radius 1 is 1.04 bits per heavy atom. The Hall–Kier alpha value is -2.02. The molecule has 1 aromatic rings. The second kappa shape index (κ2) is 9.96. The van der Waals surface area contributed by atoms with Crippen LogP contribution in [0.25, 0.3) is 0 Å². The molecule has 2 amide bonds. The van der Waals surface area contributed by atoms with E-state index >= 15 is 0 Å². The zero-order chi connectivity index (χ0) is 19.9. The van der Waals surface area contributed by atoms with E-state index in [1.165, 1.54) is 25.3 Å². The third-order valence-electron chi connectivity index (χ3n) is 5.85. The number of carbonyl (C=O) groups excluding carboxylic acids is 2. The highest BCUT2D eigenvalue weighted by atomic mass is 19.2. The van der Waals surface area contributed by atoms with Crippen molar-refractivity contribution in [3.8, 4) is 0 Å². The Kier molecular flexibility index (Phi) is 7.36. The predicted molar refractivity (Wildman–Crippen MR) is 103 cm³/mol. The molecule has 1 heterocycles. The molecule has 0 bridgehead atoms. The van der Waals surface area contributed by atoms with E-state index in [0.29, 0.717) is 30.9 Å². The summed E-state index contributed by atoms with van der Waals surface area (Å²) in [5.41, 5.74) is 0.673. The first-order chi connectivity index (χ1) is 13.5. The van der Waals surface area contributed by atoms with Crippen LogP contribution < -0.4 is 16.0 Å². The molecule has 154 valence electrons. The molecule has 7 heteroatoms. The van der Waals surface area contributed by atoms with Gasteiger partial charge in [-0.1, -0.05) is 25.3 Å². The second-order valence-electron chi connectivity index (χ2n) is 7.93. The first-order valence-electron chi connectivity index (χ1n) is 10.2. The fourth-order valence-corrected chi connectivity index (χ4v) is 4.31. The van der Waals surface area contributed by atoms with Gasteiger partial charge in [0.1, 0.15) is 0 Å². The fraction of sp³-hybridized carbons (Fsp3) is 0.619. The molecule has 5 nitrogen and oxygen atoms in total. The molecule has 1 saturated heterocycles. The number of carbonyl (C=O) groups is 2. The van der Waals surface area contributed by atoms with Crippen LogP contribution in [0.15, 0.2) is 18.2 Å². The van der Waals surface area contributed by atoms with Crippen LogP contribution in [-0.4, -0.2) is 37.5 Å². The molecule has 0 aromatic heterocycles. The minimum atomic E-state index is -0.879. The second-order valence-corrected chi connectivity index (χ2v) is 7.93. The Morgan fingerprint density at radius 2 is 1.82 bits per heavy atom. The van der Waals surface area contributed by atoms with Gasteiger partial charge in [0.15, 0.2) is 11.6 Å². The monoisotopic (exact) mass is 393 g/mol. The molecule has 1 aliphatic carbocycles. The van der Waals surface area contributed by atoms with Crippen LogP contribution in [0.2, 0.25) is 0 Å². The number of halogens is 2. The number of hydrogen-bond donors (Lipinski definition) is 3. The molecule has 1 aliphatic heterocycles.